The van der Waals surface area contributed by atoms with Crippen LogP contribution in [0, 0.1) is 0 Å². The summed E-state index contributed by atoms with van der Waals surface area (Å²) in [6.07, 6.45) is 4.52. The molecule has 0 aliphatic rings. The maximum atomic E-state index is 6.09. The van der Waals surface area contributed by atoms with E-state index in [-0.39, 0.29) is 6.04 Å². The highest BCUT2D eigenvalue weighted by molar-refractivity contribution is 5.43. The second-order valence-corrected chi connectivity index (χ2v) is 4.65. The number of ether oxygens (including phenoxy) is 2. The van der Waals surface area contributed by atoms with E-state index in [1.165, 1.54) is 0 Å². The molecule has 0 spiro atoms. The second kappa shape index (κ2) is 6.43. The van der Waals surface area contributed by atoms with Crippen LogP contribution in [0.2, 0.25) is 0 Å². The summed E-state index contributed by atoms with van der Waals surface area (Å²) in [7, 11) is 3.27. The van der Waals surface area contributed by atoms with Crippen LogP contribution in [0.5, 0.6) is 11.5 Å². The zero-order chi connectivity index (χ0) is 14.5. The van der Waals surface area contributed by atoms with E-state index in [1.807, 2.05) is 30.7 Å². The molecule has 0 aliphatic heterocycles. The molecule has 0 radical (unpaired) electrons. The van der Waals surface area contributed by atoms with Crippen molar-refractivity contribution in [1.29, 1.82) is 0 Å². The Labute approximate surface area is 119 Å². The van der Waals surface area contributed by atoms with Crippen molar-refractivity contribution in [2.45, 2.75) is 25.9 Å². The summed E-state index contributed by atoms with van der Waals surface area (Å²) >= 11 is 0. The number of imidazole rings is 1. The van der Waals surface area contributed by atoms with Crippen LogP contribution in [0.25, 0.3) is 0 Å². The van der Waals surface area contributed by atoms with Crippen molar-refractivity contribution in [3.8, 4) is 11.5 Å². The number of nitrogens with zero attached hydrogens (tertiary/aromatic N) is 2. The van der Waals surface area contributed by atoms with E-state index in [2.05, 4.69) is 16.5 Å². The van der Waals surface area contributed by atoms with Crippen molar-refractivity contribution in [2.24, 2.45) is 5.73 Å². The molecule has 1 heterocycles. The van der Waals surface area contributed by atoms with Crippen LogP contribution in [-0.4, -0.2) is 23.8 Å². The van der Waals surface area contributed by atoms with E-state index in [4.69, 9.17) is 15.2 Å². The summed E-state index contributed by atoms with van der Waals surface area (Å²) in [6.45, 7) is 2.78. The van der Waals surface area contributed by atoms with E-state index < -0.39 is 0 Å². The first-order chi connectivity index (χ1) is 9.69. The van der Waals surface area contributed by atoms with Gasteiger partial charge in [-0.15, -0.1) is 0 Å². The van der Waals surface area contributed by atoms with Gasteiger partial charge in [0.25, 0.3) is 0 Å². The molecule has 1 aromatic heterocycles. The lowest BCUT2D eigenvalue weighted by molar-refractivity contribution is 0.354. The van der Waals surface area contributed by atoms with Crippen molar-refractivity contribution < 1.29 is 9.47 Å². The Bertz CT molecular complexity index is 566. The monoisotopic (exact) mass is 275 g/mol. The van der Waals surface area contributed by atoms with Gasteiger partial charge in [0.15, 0.2) is 11.5 Å². The molecule has 0 aliphatic carbocycles. The standard InChI is InChI=1S/C15H21N3O2/c1-4-12(16)13-8-17-10-18(13)9-11-5-6-14(19-2)15(7-11)20-3/h5-8,10,12H,4,9,16H2,1-3H3/t12-/m1/s1. The summed E-state index contributed by atoms with van der Waals surface area (Å²) in [5.74, 6) is 1.46. The average molecular weight is 275 g/mol. The third-order valence-electron chi connectivity index (χ3n) is 3.37. The van der Waals surface area contributed by atoms with Crippen LogP contribution in [0.1, 0.15) is 30.6 Å². The molecule has 5 nitrogen and oxygen atoms in total. The molecule has 1 atom stereocenters. The Morgan fingerprint density at radius 2 is 2.00 bits per heavy atom. The fourth-order valence-electron chi connectivity index (χ4n) is 2.16. The molecule has 2 N–H and O–H groups in total. The van der Waals surface area contributed by atoms with Gasteiger partial charge >= 0.3 is 0 Å². The molecule has 2 aromatic rings. The Kier molecular flexibility index (Phi) is 4.63. The topological polar surface area (TPSA) is 62.3 Å². The molecular formula is C15H21N3O2. The Morgan fingerprint density at radius 1 is 1.25 bits per heavy atom. The zero-order valence-electron chi connectivity index (χ0n) is 12.2. The number of hydrogen-bond donors (Lipinski definition) is 1. The van der Waals surface area contributed by atoms with E-state index in [1.54, 1.807) is 14.2 Å². The Morgan fingerprint density at radius 3 is 2.65 bits per heavy atom. The first-order valence-corrected chi connectivity index (χ1v) is 6.66. The fraction of sp³-hybridized carbons (Fsp3) is 0.400. The lowest BCUT2D eigenvalue weighted by atomic mass is 10.1. The van der Waals surface area contributed by atoms with Gasteiger partial charge in [0.05, 0.1) is 26.2 Å². The first kappa shape index (κ1) is 14.4. The minimum Gasteiger partial charge on any atom is -0.493 e. The largest absolute Gasteiger partial charge is 0.493 e. The zero-order valence-corrected chi connectivity index (χ0v) is 12.2. The molecule has 0 bridgehead atoms. The summed E-state index contributed by atoms with van der Waals surface area (Å²) in [5, 5.41) is 0. The first-order valence-electron chi connectivity index (χ1n) is 6.66. The summed E-state index contributed by atoms with van der Waals surface area (Å²) in [4.78, 5) is 4.19. The molecule has 2 rings (SSSR count). The molecular weight excluding hydrogens is 254 g/mol. The number of methoxy groups -OCH3 is 2. The van der Waals surface area contributed by atoms with Crippen molar-refractivity contribution in [2.75, 3.05) is 14.2 Å². The van der Waals surface area contributed by atoms with Gasteiger partial charge in [-0.05, 0) is 24.1 Å². The van der Waals surface area contributed by atoms with Crippen LogP contribution in [-0.2, 0) is 6.54 Å². The maximum absolute atomic E-state index is 6.09. The van der Waals surface area contributed by atoms with E-state index in [0.29, 0.717) is 6.54 Å². The highest BCUT2D eigenvalue weighted by Crippen LogP contribution is 2.28. The number of hydrogen-bond acceptors (Lipinski definition) is 4. The molecule has 0 amide bonds. The molecule has 0 saturated heterocycles. The van der Waals surface area contributed by atoms with Gasteiger partial charge in [-0.3, -0.25) is 0 Å². The van der Waals surface area contributed by atoms with Crippen LogP contribution < -0.4 is 15.2 Å². The van der Waals surface area contributed by atoms with E-state index in [0.717, 1.165) is 29.2 Å². The predicted octanol–water partition coefficient (Wildman–Crippen LogP) is 2.36. The molecule has 0 unspecified atom stereocenters. The van der Waals surface area contributed by atoms with Crippen molar-refractivity contribution in [3.05, 3.63) is 42.0 Å². The molecule has 5 heteroatoms. The van der Waals surface area contributed by atoms with Gasteiger partial charge in [0, 0.05) is 18.8 Å². The van der Waals surface area contributed by atoms with E-state index >= 15 is 0 Å². The average Bonchev–Trinajstić information content (AvgIpc) is 2.94. The quantitative estimate of drug-likeness (QED) is 0.879. The Balaban J connectivity index is 2.24. The lowest BCUT2D eigenvalue weighted by Crippen LogP contribution is -2.14. The molecule has 108 valence electrons. The Hall–Kier alpha value is -2.01. The summed E-state index contributed by atoms with van der Waals surface area (Å²) in [6, 6.07) is 5.91. The van der Waals surface area contributed by atoms with Crippen molar-refractivity contribution in [3.63, 3.8) is 0 Å². The van der Waals surface area contributed by atoms with Gasteiger partial charge < -0.3 is 19.8 Å². The molecule has 0 saturated carbocycles. The van der Waals surface area contributed by atoms with Gasteiger partial charge in [0.1, 0.15) is 0 Å². The van der Waals surface area contributed by atoms with Gasteiger partial charge in [-0.25, -0.2) is 4.98 Å². The number of nitrogens with two attached hydrogens (primary N) is 1. The van der Waals surface area contributed by atoms with E-state index in [9.17, 15) is 0 Å². The molecule has 0 fully saturated rings. The van der Waals surface area contributed by atoms with Gasteiger partial charge in [-0.1, -0.05) is 13.0 Å². The van der Waals surface area contributed by atoms with Crippen LogP contribution >= 0.6 is 0 Å². The molecule has 1 aromatic carbocycles. The van der Waals surface area contributed by atoms with Crippen molar-refractivity contribution in [1.82, 2.24) is 9.55 Å². The lowest BCUT2D eigenvalue weighted by Gasteiger charge is -2.14. The van der Waals surface area contributed by atoms with Crippen LogP contribution in [0.15, 0.2) is 30.7 Å². The maximum Gasteiger partial charge on any atom is 0.161 e. The summed E-state index contributed by atoms with van der Waals surface area (Å²) < 4.78 is 12.6. The van der Waals surface area contributed by atoms with Crippen molar-refractivity contribution >= 4 is 0 Å². The second-order valence-electron chi connectivity index (χ2n) is 4.65. The third-order valence-corrected chi connectivity index (χ3v) is 3.37. The molecule has 20 heavy (non-hydrogen) atoms. The van der Waals surface area contributed by atoms with Crippen LogP contribution in [0.4, 0.5) is 0 Å². The minimum absolute atomic E-state index is 0.0117. The minimum atomic E-state index is 0.0117. The number of benzene rings is 1. The number of aromatic nitrogens is 2. The van der Waals surface area contributed by atoms with Gasteiger partial charge in [0.2, 0.25) is 0 Å². The smallest absolute Gasteiger partial charge is 0.161 e. The predicted molar refractivity (Wildman–Crippen MR) is 78.1 cm³/mol. The van der Waals surface area contributed by atoms with Crippen LogP contribution in [0.3, 0.4) is 0 Å². The highest BCUT2D eigenvalue weighted by atomic mass is 16.5. The third kappa shape index (κ3) is 2.93. The number of rotatable bonds is 6. The van der Waals surface area contributed by atoms with Gasteiger partial charge in [-0.2, -0.15) is 0 Å². The summed E-state index contributed by atoms with van der Waals surface area (Å²) in [5.41, 5.74) is 8.25. The highest BCUT2D eigenvalue weighted by Gasteiger charge is 2.11. The SMILES string of the molecule is CC[C@@H](N)c1cncn1Cc1ccc(OC)c(OC)c1. The normalized spacial score (nSPS) is 12.2. The fourth-order valence-corrected chi connectivity index (χ4v) is 2.16.